The Labute approximate surface area is 157 Å². The Morgan fingerprint density at radius 2 is 1.67 bits per heavy atom. The molecule has 0 aromatic heterocycles. The SMILES string of the molecule is COC(=O)C[C@@H](NC(=O)c1ccc(CNC(N)=O)cc1)c1ccc(C)cc1. The van der Waals surface area contributed by atoms with Crippen LogP contribution in [0, 0.1) is 6.92 Å². The number of carbonyl (C=O) groups excluding carboxylic acids is 3. The molecule has 7 nitrogen and oxygen atoms in total. The highest BCUT2D eigenvalue weighted by molar-refractivity contribution is 5.94. The topological polar surface area (TPSA) is 111 Å². The van der Waals surface area contributed by atoms with Gasteiger partial charge in [-0.2, -0.15) is 0 Å². The Hall–Kier alpha value is -3.35. The number of esters is 1. The summed E-state index contributed by atoms with van der Waals surface area (Å²) in [6.07, 6.45) is 0.0336. The van der Waals surface area contributed by atoms with E-state index < -0.39 is 18.0 Å². The largest absolute Gasteiger partial charge is 0.469 e. The maximum Gasteiger partial charge on any atom is 0.312 e. The molecule has 0 spiro atoms. The summed E-state index contributed by atoms with van der Waals surface area (Å²) in [6.45, 7) is 2.25. The van der Waals surface area contributed by atoms with Gasteiger partial charge >= 0.3 is 12.0 Å². The monoisotopic (exact) mass is 369 g/mol. The van der Waals surface area contributed by atoms with Gasteiger partial charge in [-0.3, -0.25) is 9.59 Å². The fourth-order valence-electron chi connectivity index (χ4n) is 2.51. The Bertz CT molecular complexity index is 801. The van der Waals surface area contributed by atoms with Crippen molar-refractivity contribution in [2.24, 2.45) is 5.73 Å². The molecule has 7 heteroatoms. The van der Waals surface area contributed by atoms with E-state index in [1.165, 1.54) is 7.11 Å². The molecule has 3 amide bonds. The molecule has 0 fully saturated rings. The van der Waals surface area contributed by atoms with Gasteiger partial charge in [-0.05, 0) is 30.2 Å². The minimum atomic E-state index is -0.611. The van der Waals surface area contributed by atoms with Gasteiger partial charge in [-0.1, -0.05) is 42.0 Å². The molecule has 0 aliphatic carbocycles. The molecular weight excluding hydrogens is 346 g/mol. The summed E-state index contributed by atoms with van der Waals surface area (Å²) < 4.78 is 4.74. The van der Waals surface area contributed by atoms with Gasteiger partial charge < -0.3 is 21.1 Å². The molecule has 0 saturated heterocycles. The number of carbonyl (C=O) groups is 3. The standard InChI is InChI=1S/C20H23N3O4/c1-13-3-7-15(8-4-13)17(11-18(24)27-2)23-19(25)16-9-5-14(6-10-16)12-22-20(21)26/h3-10,17H,11-12H2,1-2H3,(H,23,25)(H3,21,22,26)/t17-/m1/s1. The van der Waals surface area contributed by atoms with Crippen LogP contribution in [0.15, 0.2) is 48.5 Å². The van der Waals surface area contributed by atoms with Crippen molar-refractivity contribution >= 4 is 17.9 Å². The van der Waals surface area contributed by atoms with Crippen LogP contribution in [0.2, 0.25) is 0 Å². The first-order chi connectivity index (χ1) is 12.9. The molecule has 0 aliphatic heterocycles. The summed E-state index contributed by atoms with van der Waals surface area (Å²) in [6, 6.07) is 13.2. The second-order valence-electron chi connectivity index (χ2n) is 6.13. The van der Waals surface area contributed by atoms with E-state index in [0.29, 0.717) is 5.56 Å². The van der Waals surface area contributed by atoms with E-state index in [0.717, 1.165) is 16.7 Å². The summed E-state index contributed by atoms with van der Waals surface area (Å²) in [5, 5.41) is 5.36. The fraction of sp³-hybridized carbons (Fsp3) is 0.250. The van der Waals surface area contributed by atoms with E-state index in [4.69, 9.17) is 10.5 Å². The minimum absolute atomic E-state index is 0.0336. The summed E-state index contributed by atoms with van der Waals surface area (Å²) in [7, 11) is 1.31. The summed E-state index contributed by atoms with van der Waals surface area (Å²) in [5.41, 5.74) is 8.20. The van der Waals surface area contributed by atoms with Crippen LogP contribution >= 0.6 is 0 Å². The number of primary amides is 1. The quantitative estimate of drug-likeness (QED) is 0.650. The lowest BCUT2D eigenvalue weighted by Gasteiger charge is -2.18. The molecular formula is C20H23N3O4. The van der Waals surface area contributed by atoms with E-state index in [2.05, 4.69) is 10.6 Å². The third-order valence-corrected chi connectivity index (χ3v) is 4.07. The van der Waals surface area contributed by atoms with Crippen molar-refractivity contribution in [3.05, 3.63) is 70.8 Å². The van der Waals surface area contributed by atoms with Crippen LogP contribution in [0.4, 0.5) is 4.79 Å². The lowest BCUT2D eigenvalue weighted by atomic mass is 10.0. The second-order valence-corrected chi connectivity index (χ2v) is 6.13. The Morgan fingerprint density at radius 3 is 2.22 bits per heavy atom. The average molecular weight is 369 g/mol. The predicted octanol–water partition coefficient (Wildman–Crippen LogP) is 2.20. The molecule has 2 aromatic carbocycles. The first-order valence-corrected chi connectivity index (χ1v) is 8.45. The van der Waals surface area contributed by atoms with Crippen LogP contribution in [0.1, 0.15) is 39.5 Å². The number of amides is 3. The van der Waals surface area contributed by atoms with Crippen molar-refractivity contribution in [2.75, 3.05) is 7.11 Å². The zero-order chi connectivity index (χ0) is 19.8. The lowest BCUT2D eigenvalue weighted by Crippen LogP contribution is -2.30. The minimum Gasteiger partial charge on any atom is -0.469 e. The van der Waals surface area contributed by atoms with Gasteiger partial charge in [0.2, 0.25) is 0 Å². The third-order valence-electron chi connectivity index (χ3n) is 4.07. The van der Waals surface area contributed by atoms with Gasteiger partial charge in [-0.15, -0.1) is 0 Å². The number of nitrogens with one attached hydrogen (secondary N) is 2. The highest BCUT2D eigenvalue weighted by Crippen LogP contribution is 2.19. The number of methoxy groups -OCH3 is 1. The zero-order valence-electron chi connectivity index (χ0n) is 15.3. The van der Waals surface area contributed by atoms with E-state index in [1.54, 1.807) is 24.3 Å². The first-order valence-electron chi connectivity index (χ1n) is 8.45. The molecule has 27 heavy (non-hydrogen) atoms. The second kappa shape index (κ2) is 9.38. The van der Waals surface area contributed by atoms with E-state index in [9.17, 15) is 14.4 Å². The maximum atomic E-state index is 12.6. The predicted molar refractivity (Wildman–Crippen MR) is 101 cm³/mol. The molecule has 0 bridgehead atoms. The third kappa shape index (κ3) is 6.14. The van der Waals surface area contributed by atoms with Gasteiger partial charge in [0.05, 0.1) is 19.6 Å². The summed E-state index contributed by atoms with van der Waals surface area (Å²) in [4.78, 5) is 35.1. The Balaban J connectivity index is 2.11. The molecule has 0 unspecified atom stereocenters. The van der Waals surface area contributed by atoms with Crippen LogP contribution < -0.4 is 16.4 Å². The molecule has 0 aliphatic rings. The van der Waals surface area contributed by atoms with Crippen molar-refractivity contribution in [3.63, 3.8) is 0 Å². The first kappa shape index (κ1) is 20.0. The average Bonchev–Trinajstić information content (AvgIpc) is 2.66. The number of rotatable bonds is 7. The highest BCUT2D eigenvalue weighted by atomic mass is 16.5. The van der Waals surface area contributed by atoms with Gasteiger partial charge in [-0.25, -0.2) is 4.79 Å². The number of hydrogen-bond acceptors (Lipinski definition) is 4. The van der Waals surface area contributed by atoms with Crippen molar-refractivity contribution in [1.82, 2.24) is 10.6 Å². The smallest absolute Gasteiger partial charge is 0.312 e. The van der Waals surface area contributed by atoms with Crippen molar-refractivity contribution in [3.8, 4) is 0 Å². The van der Waals surface area contributed by atoms with Crippen LogP contribution in [-0.4, -0.2) is 25.0 Å². The van der Waals surface area contributed by atoms with E-state index in [-0.39, 0.29) is 18.9 Å². The van der Waals surface area contributed by atoms with Gasteiger partial charge in [0.25, 0.3) is 5.91 Å². The molecule has 2 rings (SSSR count). The van der Waals surface area contributed by atoms with Crippen LogP contribution in [0.5, 0.6) is 0 Å². The normalized spacial score (nSPS) is 11.3. The summed E-state index contributed by atoms with van der Waals surface area (Å²) >= 11 is 0. The molecule has 4 N–H and O–H groups in total. The Kier molecular flexibility index (Phi) is 6.93. The van der Waals surface area contributed by atoms with Crippen LogP contribution in [0.25, 0.3) is 0 Å². The Morgan fingerprint density at radius 1 is 1.04 bits per heavy atom. The van der Waals surface area contributed by atoms with E-state index >= 15 is 0 Å². The fourth-order valence-corrected chi connectivity index (χ4v) is 2.51. The summed E-state index contributed by atoms with van der Waals surface area (Å²) in [5.74, 6) is -0.715. The molecule has 1 atom stereocenters. The number of nitrogens with two attached hydrogens (primary N) is 1. The molecule has 0 saturated carbocycles. The number of benzene rings is 2. The van der Waals surface area contributed by atoms with Gasteiger partial charge in [0.1, 0.15) is 0 Å². The van der Waals surface area contributed by atoms with Crippen LogP contribution in [0.3, 0.4) is 0 Å². The van der Waals surface area contributed by atoms with Crippen molar-refractivity contribution in [1.29, 1.82) is 0 Å². The van der Waals surface area contributed by atoms with Crippen LogP contribution in [-0.2, 0) is 16.1 Å². The zero-order valence-corrected chi connectivity index (χ0v) is 15.3. The van der Waals surface area contributed by atoms with Gasteiger partial charge in [0.15, 0.2) is 0 Å². The highest BCUT2D eigenvalue weighted by Gasteiger charge is 2.19. The number of urea groups is 1. The molecule has 142 valence electrons. The maximum absolute atomic E-state index is 12.6. The molecule has 0 radical (unpaired) electrons. The lowest BCUT2D eigenvalue weighted by molar-refractivity contribution is -0.141. The number of ether oxygens (including phenoxy) is 1. The molecule has 2 aromatic rings. The van der Waals surface area contributed by atoms with Gasteiger partial charge in [0, 0.05) is 12.1 Å². The molecule has 0 heterocycles. The number of hydrogen-bond donors (Lipinski definition) is 3. The van der Waals surface area contributed by atoms with Crippen molar-refractivity contribution < 1.29 is 19.1 Å². The number of aryl methyl sites for hydroxylation is 1. The van der Waals surface area contributed by atoms with Crippen molar-refractivity contribution in [2.45, 2.75) is 25.9 Å². The van der Waals surface area contributed by atoms with E-state index in [1.807, 2.05) is 31.2 Å².